The van der Waals surface area contributed by atoms with Gasteiger partial charge in [0.05, 0.1) is 0 Å². The lowest BCUT2D eigenvalue weighted by atomic mass is 9.96. The van der Waals surface area contributed by atoms with Gasteiger partial charge in [-0.2, -0.15) is 0 Å². The summed E-state index contributed by atoms with van der Waals surface area (Å²) in [5.74, 6) is 0.697. The third kappa shape index (κ3) is 3.82. The molecule has 1 aliphatic heterocycles. The fraction of sp³-hybridized carbons (Fsp3) is 0.625. The van der Waals surface area contributed by atoms with Crippen molar-refractivity contribution in [2.45, 2.75) is 39.2 Å². The normalized spacial score (nSPS) is 18.8. The van der Waals surface area contributed by atoms with Gasteiger partial charge in [-0.1, -0.05) is 44.5 Å². The fourth-order valence-corrected chi connectivity index (χ4v) is 2.68. The molecule has 1 heterocycles. The Kier molecular flexibility index (Phi) is 5.21. The molecule has 1 fully saturated rings. The lowest BCUT2D eigenvalue weighted by molar-refractivity contribution is 0.233. The van der Waals surface area contributed by atoms with Crippen LogP contribution in [0.5, 0.6) is 0 Å². The van der Waals surface area contributed by atoms with Crippen LogP contribution in [0.4, 0.5) is 0 Å². The number of nitrogens with zero attached hydrogens (tertiary/aromatic N) is 1. The van der Waals surface area contributed by atoms with Crippen LogP contribution in [-0.2, 0) is 6.54 Å². The number of hydrogen-bond donors (Lipinski definition) is 1. The summed E-state index contributed by atoms with van der Waals surface area (Å²) >= 11 is 0. The summed E-state index contributed by atoms with van der Waals surface area (Å²) in [5.41, 5.74) is 2.94. The van der Waals surface area contributed by atoms with E-state index in [2.05, 4.69) is 48.3 Å². The lowest BCUT2D eigenvalue weighted by Crippen LogP contribution is -2.42. The average Bonchev–Trinajstić information content (AvgIpc) is 2.41. The van der Waals surface area contributed by atoms with Gasteiger partial charge < -0.3 is 5.32 Å². The molecule has 1 unspecified atom stereocenters. The first-order valence-corrected chi connectivity index (χ1v) is 7.31. The van der Waals surface area contributed by atoms with Crippen LogP contribution in [0.25, 0.3) is 0 Å². The summed E-state index contributed by atoms with van der Waals surface area (Å²) in [6.07, 6.45) is 2.56. The molecule has 0 aliphatic carbocycles. The van der Waals surface area contributed by atoms with Gasteiger partial charge in [-0.3, -0.25) is 4.90 Å². The molecule has 0 amide bonds. The van der Waals surface area contributed by atoms with Crippen molar-refractivity contribution in [1.82, 2.24) is 10.2 Å². The SMILES string of the molecule is CCCC(C)c1ccc(CN2CCNCC2)cc1. The molecule has 2 nitrogen and oxygen atoms in total. The summed E-state index contributed by atoms with van der Waals surface area (Å²) in [6, 6.07) is 9.25. The zero-order chi connectivity index (χ0) is 12.8. The minimum absolute atomic E-state index is 0.697. The van der Waals surface area contributed by atoms with Crippen LogP contribution in [0.2, 0.25) is 0 Å². The first kappa shape index (κ1) is 13.6. The van der Waals surface area contributed by atoms with Crippen LogP contribution >= 0.6 is 0 Å². The summed E-state index contributed by atoms with van der Waals surface area (Å²) in [4.78, 5) is 2.53. The van der Waals surface area contributed by atoms with E-state index >= 15 is 0 Å². The highest BCUT2D eigenvalue weighted by Crippen LogP contribution is 2.21. The minimum atomic E-state index is 0.697. The Labute approximate surface area is 111 Å². The number of hydrogen-bond acceptors (Lipinski definition) is 2. The van der Waals surface area contributed by atoms with E-state index in [4.69, 9.17) is 0 Å². The maximum absolute atomic E-state index is 3.40. The molecule has 1 aliphatic rings. The Morgan fingerprint density at radius 3 is 2.44 bits per heavy atom. The second kappa shape index (κ2) is 6.91. The second-order valence-electron chi connectivity index (χ2n) is 5.46. The van der Waals surface area contributed by atoms with Crippen molar-refractivity contribution in [2.24, 2.45) is 0 Å². The molecule has 1 aromatic carbocycles. The molecule has 1 saturated heterocycles. The number of nitrogens with one attached hydrogen (secondary N) is 1. The van der Waals surface area contributed by atoms with Gasteiger partial charge in [-0.05, 0) is 23.5 Å². The molecule has 100 valence electrons. The number of rotatable bonds is 5. The molecule has 0 radical (unpaired) electrons. The van der Waals surface area contributed by atoms with Crippen LogP contribution in [0.15, 0.2) is 24.3 Å². The summed E-state index contributed by atoms with van der Waals surface area (Å²) in [6.45, 7) is 10.3. The third-order valence-corrected chi connectivity index (χ3v) is 3.89. The van der Waals surface area contributed by atoms with Crippen LogP contribution < -0.4 is 5.32 Å². The predicted octanol–water partition coefficient (Wildman–Crippen LogP) is 3.00. The molecular formula is C16H26N2. The van der Waals surface area contributed by atoms with Gasteiger partial charge in [-0.25, -0.2) is 0 Å². The highest BCUT2D eigenvalue weighted by Gasteiger charge is 2.10. The van der Waals surface area contributed by atoms with Crippen LogP contribution in [0.3, 0.4) is 0 Å². The quantitative estimate of drug-likeness (QED) is 0.859. The molecule has 0 spiro atoms. The van der Waals surface area contributed by atoms with Crippen molar-refractivity contribution < 1.29 is 0 Å². The summed E-state index contributed by atoms with van der Waals surface area (Å²) in [5, 5.41) is 3.40. The monoisotopic (exact) mass is 246 g/mol. The van der Waals surface area contributed by atoms with E-state index in [1.165, 1.54) is 37.1 Å². The minimum Gasteiger partial charge on any atom is -0.314 e. The zero-order valence-electron chi connectivity index (χ0n) is 11.8. The maximum Gasteiger partial charge on any atom is 0.0234 e. The fourth-order valence-electron chi connectivity index (χ4n) is 2.68. The van der Waals surface area contributed by atoms with Crippen molar-refractivity contribution in [3.05, 3.63) is 35.4 Å². The van der Waals surface area contributed by atoms with Gasteiger partial charge >= 0.3 is 0 Å². The van der Waals surface area contributed by atoms with Gasteiger partial charge in [0.25, 0.3) is 0 Å². The van der Waals surface area contributed by atoms with E-state index in [9.17, 15) is 0 Å². The van der Waals surface area contributed by atoms with Gasteiger partial charge in [0, 0.05) is 32.7 Å². The molecule has 2 rings (SSSR count). The smallest absolute Gasteiger partial charge is 0.0234 e. The highest BCUT2D eigenvalue weighted by molar-refractivity contribution is 5.25. The first-order chi connectivity index (χ1) is 8.79. The molecule has 2 heteroatoms. The highest BCUT2D eigenvalue weighted by atomic mass is 15.2. The van der Waals surface area contributed by atoms with Crippen molar-refractivity contribution in [3.8, 4) is 0 Å². The Bertz CT molecular complexity index is 339. The van der Waals surface area contributed by atoms with Crippen molar-refractivity contribution in [2.75, 3.05) is 26.2 Å². The summed E-state index contributed by atoms with van der Waals surface area (Å²) < 4.78 is 0. The van der Waals surface area contributed by atoms with Gasteiger partial charge in [0.15, 0.2) is 0 Å². The summed E-state index contributed by atoms with van der Waals surface area (Å²) in [7, 11) is 0. The molecule has 1 aromatic rings. The second-order valence-corrected chi connectivity index (χ2v) is 5.46. The van der Waals surface area contributed by atoms with Crippen molar-refractivity contribution in [1.29, 1.82) is 0 Å². The van der Waals surface area contributed by atoms with Gasteiger partial charge in [0.1, 0.15) is 0 Å². The third-order valence-electron chi connectivity index (χ3n) is 3.89. The number of piperazine rings is 1. The van der Waals surface area contributed by atoms with Gasteiger partial charge in [0.2, 0.25) is 0 Å². The largest absolute Gasteiger partial charge is 0.314 e. The Morgan fingerprint density at radius 1 is 1.17 bits per heavy atom. The number of benzene rings is 1. The Balaban J connectivity index is 1.90. The molecule has 1 atom stereocenters. The van der Waals surface area contributed by atoms with E-state index in [1.807, 2.05) is 0 Å². The van der Waals surface area contributed by atoms with E-state index < -0.39 is 0 Å². The Morgan fingerprint density at radius 2 is 1.83 bits per heavy atom. The molecule has 0 saturated carbocycles. The topological polar surface area (TPSA) is 15.3 Å². The molecule has 18 heavy (non-hydrogen) atoms. The molecule has 0 bridgehead atoms. The van der Waals surface area contributed by atoms with E-state index in [1.54, 1.807) is 0 Å². The maximum atomic E-state index is 3.40. The van der Waals surface area contributed by atoms with Crippen LogP contribution in [0, 0.1) is 0 Å². The van der Waals surface area contributed by atoms with E-state index in [-0.39, 0.29) is 0 Å². The van der Waals surface area contributed by atoms with E-state index in [0.29, 0.717) is 5.92 Å². The predicted molar refractivity (Wildman–Crippen MR) is 77.9 cm³/mol. The Hall–Kier alpha value is -0.860. The zero-order valence-corrected chi connectivity index (χ0v) is 11.8. The first-order valence-electron chi connectivity index (χ1n) is 7.31. The molecule has 0 aromatic heterocycles. The standard InChI is InChI=1S/C16H26N2/c1-3-4-14(2)16-7-5-15(6-8-16)13-18-11-9-17-10-12-18/h5-8,14,17H,3-4,9-13H2,1-2H3. The molecule has 1 N–H and O–H groups in total. The van der Waals surface area contributed by atoms with E-state index in [0.717, 1.165) is 19.6 Å². The van der Waals surface area contributed by atoms with Crippen molar-refractivity contribution >= 4 is 0 Å². The van der Waals surface area contributed by atoms with Crippen LogP contribution in [0.1, 0.15) is 43.7 Å². The average molecular weight is 246 g/mol. The van der Waals surface area contributed by atoms with Crippen molar-refractivity contribution in [3.63, 3.8) is 0 Å². The lowest BCUT2D eigenvalue weighted by Gasteiger charge is -2.27. The van der Waals surface area contributed by atoms with Gasteiger partial charge in [-0.15, -0.1) is 0 Å². The van der Waals surface area contributed by atoms with Crippen LogP contribution in [-0.4, -0.2) is 31.1 Å². The molecular weight excluding hydrogens is 220 g/mol.